The minimum Gasteiger partial charge on any atom is -0.458 e. The molecule has 0 saturated carbocycles. The van der Waals surface area contributed by atoms with E-state index in [1.807, 2.05) is 0 Å². The molecule has 11 rings (SSSR count). The first-order chi connectivity index (χ1) is 24.9. The highest BCUT2D eigenvalue weighted by molar-refractivity contribution is 6.98. The maximum absolute atomic E-state index is 7.01. The average Bonchev–Trinajstić information content (AvgIpc) is 3.67. The summed E-state index contributed by atoms with van der Waals surface area (Å²) in [6.45, 7) is 6.79. The van der Waals surface area contributed by atoms with Crippen molar-refractivity contribution in [3.8, 4) is 34.4 Å². The summed E-state index contributed by atoms with van der Waals surface area (Å²) >= 11 is 0. The third-order valence-corrected chi connectivity index (χ3v) is 12.2. The molecule has 0 bridgehead atoms. The second-order valence-corrected chi connectivity index (χ2v) is 16.2. The van der Waals surface area contributed by atoms with Crippen molar-refractivity contribution in [1.82, 2.24) is 9.13 Å². The molecule has 5 heteroatoms. The molecule has 5 aromatic carbocycles. The SMILES string of the molecule is CC(C)(C)c1cc2c3c(c1)Oc1ccc(-n4c5c(c6ccccc64)CCCC5)cc1B3c1ccc(-n3c4c(c5ccccc53)CCCC4)cc1O2. The lowest BCUT2D eigenvalue weighted by atomic mass is 9.34. The van der Waals surface area contributed by atoms with Crippen molar-refractivity contribution in [2.45, 2.75) is 77.6 Å². The van der Waals surface area contributed by atoms with Gasteiger partial charge in [0.25, 0.3) is 6.71 Å². The second-order valence-electron chi connectivity index (χ2n) is 16.2. The molecule has 0 atom stereocenters. The summed E-state index contributed by atoms with van der Waals surface area (Å²) in [5.74, 6) is 3.69. The summed E-state index contributed by atoms with van der Waals surface area (Å²) in [5, 5.41) is 2.79. The Morgan fingerprint density at radius 3 is 1.71 bits per heavy atom. The Hall–Kier alpha value is -5.16. The molecule has 250 valence electrons. The monoisotopic (exact) mass is 664 g/mol. The van der Waals surface area contributed by atoms with E-state index in [9.17, 15) is 0 Å². The zero-order valence-corrected chi connectivity index (χ0v) is 29.7. The van der Waals surface area contributed by atoms with Crippen molar-refractivity contribution in [3.05, 3.63) is 125 Å². The Bertz CT molecular complexity index is 2600. The number of aromatic nitrogens is 2. The highest BCUT2D eigenvalue weighted by Gasteiger charge is 2.41. The number of rotatable bonds is 2. The van der Waals surface area contributed by atoms with Crippen LogP contribution in [0.25, 0.3) is 33.2 Å². The summed E-state index contributed by atoms with van der Waals surface area (Å²) in [6, 6.07) is 36.3. The van der Waals surface area contributed by atoms with Crippen LogP contribution in [0.3, 0.4) is 0 Å². The number of hydrogen-bond acceptors (Lipinski definition) is 2. The molecule has 0 N–H and O–H groups in total. The van der Waals surface area contributed by atoms with Gasteiger partial charge in [0.1, 0.15) is 23.0 Å². The van der Waals surface area contributed by atoms with E-state index in [0.717, 1.165) is 54.1 Å². The quantitative estimate of drug-likeness (QED) is 0.172. The standard InChI is InChI=1S/C46H41BN2O2/c1-46(2,3)28-24-43-45-44(25-28)51-42-27-30(49-39-18-10-6-14-33(39)34-15-7-11-19-40(34)49)20-22-35(42)47(45)36-26-29(21-23-41(36)50-43)48-37-16-8-4-12-31(37)32-13-5-9-17-38(32)48/h4,6,8,10,12,14,16,18,20-27H,5,7,9,11,13,15,17,19H2,1-3H3. The van der Waals surface area contributed by atoms with Crippen LogP contribution in [-0.2, 0) is 31.1 Å². The fourth-order valence-electron chi connectivity index (χ4n) is 9.77. The summed E-state index contributed by atoms with van der Waals surface area (Å²) in [6.07, 6.45) is 9.51. The van der Waals surface area contributed by atoms with Crippen molar-refractivity contribution in [2.75, 3.05) is 0 Å². The number of para-hydroxylation sites is 2. The van der Waals surface area contributed by atoms with Gasteiger partial charge in [-0.15, -0.1) is 0 Å². The van der Waals surface area contributed by atoms with Crippen LogP contribution in [-0.4, -0.2) is 15.8 Å². The molecule has 4 nitrogen and oxygen atoms in total. The molecule has 7 aromatic rings. The van der Waals surface area contributed by atoms with E-state index < -0.39 is 0 Å². The van der Waals surface area contributed by atoms with Crippen LogP contribution < -0.4 is 25.9 Å². The van der Waals surface area contributed by atoms with Crippen molar-refractivity contribution in [3.63, 3.8) is 0 Å². The topological polar surface area (TPSA) is 28.3 Å². The summed E-state index contributed by atoms with van der Waals surface area (Å²) in [5.41, 5.74) is 15.6. The van der Waals surface area contributed by atoms with Crippen molar-refractivity contribution >= 4 is 44.9 Å². The van der Waals surface area contributed by atoms with Gasteiger partial charge in [0.2, 0.25) is 0 Å². The summed E-state index contributed by atoms with van der Waals surface area (Å²) in [4.78, 5) is 0. The molecular formula is C46H41BN2O2. The molecular weight excluding hydrogens is 623 g/mol. The van der Waals surface area contributed by atoms with Gasteiger partial charge in [0.05, 0.1) is 11.0 Å². The molecule has 0 unspecified atom stereocenters. The molecule has 4 aliphatic rings. The predicted octanol–water partition coefficient (Wildman–Crippen LogP) is 9.36. The number of aryl methyl sites for hydroxylation is 2. The van der Waals surface area contributed by atoms with Gasteiger partial charge in [0.15, 0.2) is 0 Å². The minimum atomic E-state index is -0.0578. The maximum atomic E-state index is 7.01. The van der Waals surface area contributed by atoms with E-state index in [4.69, 9.17) is 9.47 Å². The largest absolute Gasteiger partial charge is 0.458 e. The molecule has 51 heavy (non-hydrogen) atoms. The van der Waals surface area contributed by atoms with E-state index in [1.165, 1.54) is 97.9 Å². The van der Waals surface area contributed by atoms with E-state index >= 15 is 0 Å². The molecule has 0 saturated heterocycles. The van der Waals surface area contributed by atoms with Crippen molar-refractivity contribution in [1.29, 1.82) is 0 Å². The van der Waals surface area contributed by atoms with Crippen molar-refractivity contribution in [2.24, 2.45) is 0 Å². The smallest absolute Gasteiger partial charge is 0.260 e. The first kappa shape index (κ1) is 29.6. The van der Waals surface area contributed by atoms with Gasteiger partial charge in [0, 0.05) is 45.1 Å². The molecule has 0 spiro atoms. The van der Waals surface area contributed by atoms with Crippen LogP contribution in [0.15, 0.2) is 97.1 Å². The summed E-state index contributed by atoms with van der Waals surface area (Å²) < 4.78 is 18.9. The molecule has 2 aliphatic carbocycles. The predicted molar refractivity (Wildman–Crippen MR) is 210 cm³/mol. The first-order valence-electron chi connectivity index (χ1n) is 19.0. The van der Waals surface area contributed by atoms with Crippen molar-refractivity contribution < 1.29 is 9.47 Å². The summed E-state index contributed by atoms with van der Waals surface area (Å²) in [7, 11) is 0. The van der Waals surface area contributed by atoms with Gasteiger partial charge in [-0.2, -0.15) is 0 Å². The lowest BCUT2D eigenvalue weighted by Gasteiger charge is -2.35. The van der Waals surface area contributed by atoms with Gasteiger partial charge in [-0.05, 0) is 133 Å². The fraction of sp³-hybridized carbons (Fsp3) is 0.261. The van der Waals surface area contributed by atoms with Crippen LogP contribution in [0, 0.1) is 0 Å². The van der Waals surface area contributed by atoms with Gasteiger partial charge in [-0.25, -0.2) is 0 Å². The molecule has 2 aromatic heterocycles. The van der Waals surface area contributed by atoms with Crippen LogP contribution in [0.1, 0.15) is 74.5 Å². The number of hydrogen-bond donors (Lipinski definition) is 0. The molecule has 0 radical (unpaired) electrons. The Morgan fingerprint density at radius 1 is 0.529 bits per heavy atom. The normalized spacial score (nSPS) is 15.8. The average molecular weight is 665 g/mol. The Labute approximate surface area is 299 Å². The number of benzene rings is 5. The Balaban J connectivity index is 1.13. The zero-order chi connectivity index (χ0) is 34.0. The molecule has 4 heterocycles. The van der Waals surface area contributed by atoms with E-state index in [1.54, 1.807) is 0 Å². The Kier molecular flexibility index (Phi) is 6.19. The Morgan fingerprint density at radius 2 is 1.08 bits per heavy atom. The van der Waals surface area contributed by atoms with E-state index in [-0.39, 0.29) is 12.1 Å². The second kappa shape index (κ2) is 10.7. The number of fused-ring (bicyclic) bond motifs is 10. The number of ether oxygens (including phenoxy) is 2. The maximum Gasteiger partial charge on any atom is 0.260 e. The molecule has 0 fully saturated rings. The molecule has 0 amide bonds. The zero-order valence-electron chi connectivity index (χ0n) is 29.7. The van der Waals surface area contributed by atoms with Crippen LogP contribution >= 0.6 is 0 Å². The molecule has 2 aliphatic heterocycles. The highest BCUT2D eigenvalue weighted by atomic mass is 16.5. The van der Waals surface area contributed by atoms with Crippen LogP contribution in [0.2, 0.25) is 0 Å². The van der Waals surface area contributed by atoms with Crippen LogP contribution in [0.5, 0.6) is 23.0 Å². The van der Waals surface area contributed by atoms with Gasteiger partial charge in [-0.1, -0.05) is 63.2 Å². The number of nitrogens with zero attached hydrogens (tertiary/aromatic N) is 2. The third kappa shape index (κ3) is 4.27. The lowest BCUT2D eigenvalue weighted by molar-refractivity contribution is 0.458. The van der Waals surface area contributed by atoms with Gasteiger partial charge in [-0.3, -0.25) is 0 Å². The minimum absolute atomic E-state index is 0.00140. The fourth-order valence-corrected chi connectivity index (χ4v) is 9.77. The lowest BCUT2D eigenvalue weighted by Crippen LogP contribution is -2.57. The third-order valence-electron chi connectivity index (χ3n) is 12.2. The van der Waals surface area contributed by atoms with E-state index in [0.29, 0.717) is 0 Å². The van der Waals surface area contributed by atoms with Gasteiger partial charge >= 0.3 is 0 Å². The van der Waals surface area contributed by atoms with Crippen LogP contribution in [0.4, 0.5) is 0 Å². The van der Waals surface area contributed by atoms with Gasteiger partial charge < -0.3 is 18.6 Å². The highest BCUT2D eigenvalue weighted by Crippen LogP contribution is 2.41. The first-order valence-corrected chi connectivity index (χ1v) is 19.0. The van der Waals surface area contributed by atoms with E-state index in [2.05, 4.69) is 127 Å².